The molecule has 0 spiro atoms. The monoisotopic (exact) mass is 324 g/mol. The summed E-state index contributed by atoms with van der Waals surface area (Å²) in [5, 5.41) is 17.5. The number of allylic oxidation sites excluding steroid dienone is 2. The largest absolute Gasteiger partial charge is 0.342 e. The molecule has 1 aromatic heterocycles. The Morgan fingerprint density at radius 1 is 1.35 bits per heavy atom. The summed E-state index contributed by atoms with van der Waals surface area (Å²) in [6.07, 6.45) is 3.66. The summed E-state index contributed by atoms with van der Waals surface area (Å²) in [6, 6.07) is 9.22. The Bertz CT molecular complexity index is 890. The molecule has 114 valence electrons. The second-order valence-electron chi connectivity index (χ2n) is 5.68. The zero-order valence-corrected chi connectivity index (χ0v) is 13.0. The van der Waals surface area contributed by atoms with Crippen LogP contribution in [-0.4, -0.2) is 15.6 Å². The van der Waals surface area contributed by atoms with Gasteiger partial charge in [0.2, 0.25) is 0 Å². The molecule has 0 amide bonds. The number of rotatable bonds is 1. The smallest absolute Gasteiger partial charge is 0.163 e. The molecule has 1 aliphatic heterocycles. The van der Waals surface area contributed by atoms with Crippen LogP contribution in [0.1, 0.15) is 36.4 Å². The number of hydrogen-bond donors (Lipinski definition) is 1. The molecule has 0 saturated heterocycles. The molecule has 5 nitrogen and oxygen atoms in total. The Kier molecular flexibility index (Phi) is 3.21. The van der Waals surface area contributed by atoms with Crippen LogP contribution in [0.5, 0.6) is 0 Å². The molecule has 4 rings (SSSR count). The van der Waals surface area contributed by atoms with Gasteiger partial charge in [0.15, 0.2) is 5.78 Å². The zero-order valence-electron chi connectivity index (χ0n) is 12.2. The number of fused-ring (bicyclic) bond motifs is 1. The normalized spacial score (nSPS) is 19.7. The summed E-state index contributed by atoms with van der Waals surface area (Å²) in [5.74, 6) is 0.745. The van der Waals surface area contributed by atoms with Crippen LogP contribution in [0, 0.1) is 11.3 Å². The summed E-state index contributed by atoms with van der Waals surface area (Å²) in [7, 11) is 0. The topological polar surface area (TPSA) is 70.7 Å². The maximum absolute atomic E-state index is 12.6. The molecule has 1 atom stereocenters. The molecular formula is C17H13ClN4O. The van der Waals surface area contributed by atoms with E-state index in [0.717, 1.165) is 24.1 Å². The van der Waals surface area contributed by atoms with E-state index in [0.29, 0.717) is 28.4 Å². The highest BCUT2D eigenvalue weighted by Gasteiger charge is 2.37. The molecular weight excluding hydrogens is 312 g/mol. The Hall–Kier alpha value is -2.58. The Morgan fingerprint density at radius 2 is 2.17 bits per heavy atom. The van der Waals surface area contributed by atoms with Gasteiger partial charge in [0, 0.05) is 22.7 Å². The van der Waals surface area contributed by atoms with Gasteiger partial charge in [0.1, 0.15) is 23.5 Å². The first kappa shape index (κ1) is 14.0. The molecule has 23 heavy (non-hydrogen) atoms. The highest BCUT2D eigenvalue weighted by Crippen LogP contribution is 2.42. The molecule has 0 saturated carbocycles. The lowest BCUT2D eigenvalue weighted by Crippen LogP contribution is -2.31. The Morgan fingerprint density at radius 3 is 2.96 bits per heavy atom. The fraction of sp³-hybridized carbons (Fsp3) is 0.235. The molecule has 1 unspecified atom stereocenters. The number of carbonyl (C=O) groups is 1. The first-order chi connectivity index (χ1) is 11.2. The van der Waals surface area contributed by atoms with Crippen LogP contribution in [0.4, 0.5) is 5.82 Å². The third-order valence-electron chi connectivity index (χ3n) is 4.36. The molecule has 2 aliphatic rings. The van der Waals surface area contributed by atoms with Crippen molar-refractivity contribution in [1.82, 2.24) is 9.78 Å². The van der Waals surface area contributed by atoms with Crippen molar-refractivity contribution in [3.63, 3.8) is 0 Å². The van der Waals surface area contributed by atoms with Crippen LogP contribution >= 0.6 is 11.6 Å². The van der Waals surface area contributed by atoms with E-state index >= 15 is 0 Å². The lowest BCUT2D eigenvalue weighted by molar-refractivity contribution is -0.116. The van der Waals surface area contributed by atoms with Gasteiger partial charge in [0.05, 0.1) is 6.20 Å². The molecule has 1 aliphatic carbocycles. The van der Waals surface area contributed by atoms with Crippen LogP contribution in [0.15, 0.2) is 41.7 Å². The number of aromatic nitrogens is 2. The minimum atomic E-state index is -0.384. The second kappa shape index (κ2) is 5.25. The third-order valence-corrected chi connectivity index (χ3v) is 4.70. The predicted octanol–water partition coefficient (Wildman–Crippen LogP) is 3.43. The van der Waals surface area contributed by atoms with Crippen molar-refractivity contribution < 1.29 is 4.79 Å². The summed E-state index contributed by atoms with van der Waals surface area (Å²) >= 11 is 6.38. The van der Waals surface area contributed by atoms with Gasteiger partial charge in [-0.3, -0.25) is 4.79 Å². The summed E-state index contributed by atoms with van der Waals surface area (Å²) in [6.45, 7) is 0. The van der Waals surface area contributed by atoms with E-state index in [1.165, 1.54) is 6.20 Å². The van der Waals surface area contributed by atoms with Gasteiger partial charge in [-0.1, -0.05) is 29.8 Å². The van der Waals surface area contributed by atoms with Crippen LogP contribution in [0.3, 0.4) is 0 Å². The number of carbonyl (C=O) groups excluding carboxylic acids is 1. The fourth-order valence-electron chi connectivity index (χ4n) is 3.32. The Labute approximate surface area is 138 Å². The van der Waals surface area contributed by atoms with Crippen molar-refractivity contribution in [1.29, 1.82) is 5.26 Å². The van der Waals surface area contributed by atoms with Crippen molar-refractivity contribution in [2.24, 2.45) is 0 Å². The first-order valence-corrected chi connectivity index (χ1v) is 7.84. The second-order valence-corrected chi connectivity index (χ2v) is 6.09. The van der Waals surface area contributed by atoms with E-state index in [-0.39, 0.29) is 11.8 Å². The van der Waals surface area contributed by atoms with Gasteiger partial charge in [-0.2, -0.15) is 10.4 Å². The average molecular weight is 325 g/mol. The van der Waals surface area contributed by atoms with E-state index in [1.54, 1.807) is 10.7 Å². The number of halogens is 1. The standard InChI is InChI=1S/C17H13ClN4O/c18-12-5-2-1-4-11(12)16-15-13(6-3-7-14(15)23)21-17-10(8-19)9-20-22(16)17/h1-2,4-5,9,16,21H,3,6-7H2. The van der Waals surface area contributed by atoms with Crippen LogP contribution < -0.4 is 5.32 Å². The summed E-state index contributed by atoms with van der Waals surface area (Å²) in [4.78, 5) is 12.6. The van der Waals surface area contributed by atoms with Crippen LogP contribution in [-0.2, 0) is 4.79 Å². The van der Waals surface area contributed by atoms with Gasteiger partial charge >= 0.3 is 0 Å². The molecule has 1 aromatic carbocycles. The van der Waals surface area contributed by atoms with E-state index < -0.39 is 0 Å². The summed E-state index contributed by atoms with van der Waals surface area (Å²) in [5.41, 5.74) is 2.89. The number of hydrogen-bond acceptors (Lipinski definition) is 4. The maximum atomic E-state index is 12.6. The van der Waals surface area contributed by atoms with Crippen molar-refractivity contribution in [2.75, 3.05) is 5.32 Å². The van der Waals surface area contributed by atoms with Crippen molar-refractivity contribution >= 4 is 23.2 Å². The SMILES string of the molecule is N#Cc1cnn2c1NC1=C(C(=O)CCC1)C2c1ccccc1Cl. The van der Waals surface area contributed by atoms with Crippen LogP contribution in [0.2, 0.25) is 5.02 Å². The number of nitriles is 1. The highest BCUT2D eigenvalue weighted by atomic mass is 35.5. The van der Waals surface area contributed by atoms with Crippen molar-refractivity contribution in [2.45, 2.75) is 25.3 Å². The molecule has 0 fully saturated rings. The van der Waals surface area contributed by atoms with Gasteiger partial charge < -0.3 is 5.32 Å². The summed E-state index contributed by atoms with van der Waals surface area (Å²) < 4.78 is 1.70. The fourth-order valence-corrected chi connectivity index (χ4v) is 3.56. The highest BCUT2D eigenvalue weighted by molar-refractivity contribution is 6.31. The van der Waals surface area contributed by atoms with Gasteiger partial charge in [-0.15, -0.1) is 0 Å². The number of anilines is 1. The molecule has 0 radical (unpaired) electrons. The quantitative estimate of drug-likeness (QED) is 0.872. The molecule has 6 heteroatoms. The van der Waals surface area contributed by atoms with E-state index in [2.05, 4.69) is 16.5 Å². The minimum Gasteiger partial charge on any atom is -0.342 e. The first-order valence-electron chi connectivity index (χ1n) is 7.46. The minimum absolute atomic E-state index is 0.114. The van der Waals surface area contributed by atoms with Gasteiger partial charge in [0.25, 0.3) is 0 Å². The number of ketones is 1. The molecule has 1 N–H and O–H groups in total. The van der Waals surface area contributed by atoms with E-state index in [9.17, 15) is 10.1 Å². The zero-order chi connectivity index (χ0) is 16.0. The third kappa shape index (κ3) is 2.07. The number of Topliss-reactive ketones (excluding diaryl/α,β-unsaturated/α-hetero) is 1. The Balaban J connectivity index is 1.98. The molecule has 0 bridgehead atoms. The van der Waals surface area contributed by atoms with E-state index in [1.807, 2.05) is 18.2 Å². The van der Waals surface area contributed by atoms with Crippen LogP contribution in [0.25, 0.3) is 0 Å². The number of nitrogens with zero attached hydrogens (tertiary/aromatic N) is 3. The predicted molar refractivity (Wildman–Crippen MR) is 86.0 cm³/mol. The number of nitrogens with one attached hydrogen (secondary N) is 1. The molecule has 2 heterocycles. The van der Waals surface area contributed by atoms with E-state index in [4.69, 9.17) is 11.6 Å². The maximum Gasteiger partial charge on any atom is 0.163 e. The average Bonchev–Trinajstić information content (AvgIpc) is 2.96. The number of benzene rings is 1. The van der Waals surface area contributed by atoms with Gasteiger partial charge in [-0.25, -0.2) is 4.68 Å². The lowest BCUT2D eigenvalue weighted by atomic mass is 9.85. The van der Waals surface area contributed by atoms with Crippen molar-refractivity contribution in [3.8, 4) is 6.07 Å². The lowest BCUT2D eigenvalue weighted by Gasteiger charge is -2.33. The van der Waals surface area contributed by atoms with Gasteiger partial charge in [-0.05, 0) is 24.5 Å². The van der Waals surface area contributed by atoms with Crippen molar-refractivity contribution in [3.05, 3.63) is 57.9 Å². The molecule has 2 aromatic rings.